The van der Waals surface area contributed by atoms with Crippen LogP contribution in [0.1, 0.15) is 61.8 Å². The van der Waals surface area contributed by atoms with Crippen LogP contribution in [0, 0.1) is 16.2 Å². The largest absolute Gasteiger partial charge is 0.341 e. The van der Waals surface area contributed by atoms with Crippen molar-refractivity contribution in [1.29, 1.82) is 0 Å². The molecule has 0 saturated carbocycles. The lowest BCUT2D eigenvalue weighted by Crippen LogP contribution is -2.52. The number of likely N-dealkylation sites (N-methyl/N-ethyl adjacent to an activating group) is 2. The Morgan fingerprint density at radius 2 is 1.38 bits per heavy atom. The molecule has 1 unspecified atom stereocenters. The molecule has 1 amide bonds. The van der Waals surface area contributed by atoms with Crippen molar-refractivity contribution < 1.29 is 4.79 Å². The second kappa shape index (κ2) is 7.13. The quantitative estimate of drug-likeness (QED) is 0.743. The van der Waals surface area contributed by atoms with E-state index in [1.807, 2.05) is 4.90 Å². The van der Waals surface area contributed by atoms with E-state index >= 15 is 0 Å². The summed E-state index contributed by atoms with van der Waals surface area (Å²) < 4.78 is 0. The van der Waals surface area contributed by atoms with Crippen LogP contribution in [0.4, 0.5) is 0 Å². The van der Waals surface area contributed by atoms with Crippen molar-refractivity contribution in [1.82, 2.24) is 9.80 Å². The summed E-state index contributed by atoms with van der Waals surface area (Å²) in [5.74, 6) is 0.300. The third-order valence-electron chi connectivity index (χ3n) is 4.50. The van der Waals surface area contributed by atoms with E-state index in [1.165, 1.54) is 0 Å². The van der Waals surface area contributed by atoms with Gasteiger partial charge in [0.1, 0.15) is 0 Å². The summed E-state index contributed by atoms with van der Waals surface area (Å²) in [6.07, 6.45) is 0.904. The minimum Gasteiger partial charge on any atom is -0.341 e. The molecule has 0 N–H and O–H groups in total. The highest BCUT2D eigenvalue weighted by molar-refractivity contribution is 5.83. The summed E-state index contributed by atoms with van der Waals surface area (Å²) in [4.78, 5) is 17.4. The minimum absolute atomic E-state index is 0.0527. The highest BCUT2D eigenvalue weighted by atomic mass is 16.2. The molecule has 0 spiro atoms. The predicted molar refractivity (Wildman–Crippen MR) is 92.4 cm³/mol. The maximum atomic E-state index is 13.2. The smallest absolute Gasteiger partial charge is 0.229 e. The van der Waals surface area contributed by atoms with Crippen LogP contribution in [-0.4, -0.2) is 49.4 Å². The van der Waals surface area contributed by atoms with Crippen molar-refractivity contribution in [2.75, 3.05) is 33.7 Å². The standard InChI is InChI=1S/C18H38N2O/c1-11-20(13-12-19(9)10)15(21)18(8,17(5,6)7)14-16(2,3)4/h11-14H2,1-10H3. The van der Waals surface area contributed by atoms with E-state index in [9.17, 15) is 4.79 Å². The molecule has 3 nitrogen and oxygen atoms in total. The van der Waals surface area contributed by atoms with Gasteiger partial charge in [-0.1, -0.05) is 48.5 Å². The summed E-state index contributed by atoms with van der Waals surface area (Å²) in [7, 11) is 4.10. The van der Waals surface area contributed by atoms with Gasteiger partial charge < -0.3 is 9.80 Å². The first-order valence-electron chi connectivity index (χ1n) is 8.19. The third kappa shape index (κ3) is 5.98. The SMILES string of the molecule is CCN(CCN(C)C)C(=O)C(C)(CC(C)(C)C)C(C)(C)C. The number of hydrogen-bond acceptors (Lipinski definition) is 2. The first-order valence-corrected chi connectivity index (χ1v) is 8.19. The molecule has 0 rings (SSSR count). The van der Waals surface area contributed by atoms with Crippen molar-refractivity contribution in [3.63, 3.8) is 0 Å². The van der Waals surface area contributed by atoms with Crippen molar-refractivity contribution >= 4 is 5.91 Å². The predicted octanol–water partition coefficient (Wildman–Crippen LogP) is 3.89. The number of rotatable bonds is 6. The van der Waals surface area contributed by atoms with Gasteiger partial charge in [0.15, 0.2) is 0 Å². The van der Waals surface area contributed by atoms with E-state index < -0.39 is 0 Å². The molecule has 1 atom stereocenters. The average Bonchev–Trinajstić information content (AvgIpc) is 2.25. The van der Waals surface area contributed by atoms with Crippen LogP contribution >= 0.6 is 0 Å². The van der Waals surface area contributed by atoms with Gasteiger partial charge >= 0.3 is 0 Å². The van der Waals surface area contributed by atoms with Crippen LogP contribution in [0.3, 0.4) is 0 Å². The zero-order chi connectivity index (χ0) is 17.1. The molecular weight excluding hydrogens is 260 g/mol. The van der Waals surface area contributed by atoms with Crippen LogP contribution in [0.2, 0.25) is 0 Å². The molecule has 0 aromatic rings. The van der Waals surface area contributed by atoms with Crippen LogP contribution in [0.5, 0.6) is 0 Å². The summed E-state index contributed by atoms with van der Waals surface area (Å²) >= 11 is 0. The fourth-order valence-electron chi connectivity index (χ4n) is 2.80. The molecule has 21 heavy (non-hydrogen) atoms. The molecule has 0 radical (unpaired) electrons. The topological polar surface area (TPSA) is 23.6 Å². The van der Waals surface area contributed by atoms with Gasteiger partial charge in [0.05, 0.1) is 5.41 Å². The zero-order valence-electron chi connectivity index (χ0n) is 16.1. The van der Waals surface area contributed by atoms with Gasteiger partial charge in [-0.3, -0.25) is 4.79 Å². The fraction of sp³-hybridized carbons (Fsp3) is 0.944. The van der Waals surface area contributed by atoms with Crippen molar-refractivity contribution in [2.45, 2.75) is 61.8 Å². The number of carbonyl (C=O) groups excluding carboxylic acids is 1. The van der Waals surface area contributed by atoms with E-state index in [0.29, 0.717) is 5.91 Å². The van der Waals surface area contributed by atoms with Gasteiger partial charge in [0.25, 0.3) is 0 Å². The Kier molecular flexibility index (Phi) is 6.93. The summed E-state index contributed by atoms with van der Waals surface area (Å²) in [5, 5.41) is 0. The molecule has 0 aromatic heterocycles. The molecule has 0 bridgehead atoms. The maximum Gasteiger partial charge on any atom is 0.229 e. The van der Waals surface area contributed by atoms with E-state index in [-0.39, 0.29) is 16.2 Å². The van der Waals surface area contributed by atoms with Gasteiger partial charge in [0.2, 0.25) is 5.91 Å². The van der Waals surface area contributed by atoms with Gasteiger partial charge in [-0.25, -0.2) is 0 Å². The highest BCUT2D eigenvalue weighted by Gasteiger charge is 2.47. The van der Waals surface area contributed by atoms with E-state index in [4.69, 9.17) is 0 Å². The Hall–Kier alpha value is -0.570. The second-order valence-corrected chi connectivity index (χ2v) is 9.01. The lowest BCUT2D eigenvalue weighted by Gasteiger charge is -2.46. The molecule has 0 fully saturated rings. The second-order valence-electron chi connectivity index (χ2n) is 9.01. The van der Waals surface area contributed by atoms with Gasteiger partial charge in [0, 0.05) is 19.6 Å². The monoisotopic (exact) mass is 298 g/mol. The molecule has 0 aliphatic heterocycles. The van der Waals surface area contributed by atoms with Crippen molar-refractivity contribution in [3.05, 3.63) is 0 Å². The van der Waals surface area contributed by atoms with Crippen molar-refractivity contribution in [3.8, 4) is 0 Å². The molecule has 0 heterocycles. The molecule has 0 aliphatic rings. The van der Waals surface area contributed by atoms with Crippen LogP contribution in [-0.2, 0) is 4.79 Å². The fourth-order valence-corrected chi connectivity index (χ4v) is 2.80. The lowest BCUT2D eigenvalue weighted by molar-refractivity contribution is -0.150. The third-order valence-corrected chi connectivity index (χ3v) is 4.50. The van der Waals surface area contributed by atoms with E-state index in [2.05, 4.69) is 74.4 Å². The zero-order valence-corrected chi connectivity index (χ0v) is 16.1. The Morgan fingerprint density at radius 3 is 1.67 bits per heavy atom. The van der Waals surface area contributed by atoms with E-state index in [1.54, 1.807) is 0 Å². The Bertz CT molecular complexity index is 336. The molecular formula is C18H38N2O. The molecule has 0 aromatic carbocycles. The highest BCUT2D eigenvalue weighted by Crippen LogP contribution is 2.47. The first-order chi connectivity index (χ1) is 9.24. The number of carbonyl (C=O) groups is 1. The number of hydrogen-bond donors (Lipinski definition) is 0. The molecule has 0 aliphatic carbocycles. The minimum atomic E-state index is -0.340. The van der Waals surface area contributed by atoms with Crippen LogP contribution in [0.25, 0.3) is 0 Å². The number of amides is 1. The van der Waals surface area contributed by atoms with Gasteiger partial charge in [-0.05, 0) is 38.3 Å². The maximum absolute atomic E-state index is 13.2. The van der Waals surface area contributed by atoms with Gasteiger partial charge in [-0.2, -0.15) is 0 Å². The molecule has 3 heteroatoms. The normalized spacial score (nSPS) is 16.0. The molecule has 126 valence electrons. The van der Waals surface area contributed by atoms with Crippen LogP contribution < -0.4 is 0 Å². The van der Waals surface area contributed by atoms with Crippen LogP contribution in [0.15, 0.2) is 0 Å². The summed E-state index contributed by atoms with van der Waals surface area (Å²) in [6.45, 7) is 20.0. The Labute approximate surface area is 133 Å². The van der Waals surface area contributed by atoms with Crippen molar-refractivity contribution in [2.24, 2.45) is 16.2 Å². The van der Waals surface area contributed by atoms with Gasteiger partial charge in [-0.15, -0.1) is 0 Å². The lowest BCUT2D eigenvalue weighted by atomic mass is 9.60. The summed E-state index contributed by atoms with van der Waals surface area (Å²) in [6, 6.07) is 0. The first kappa shape index (κ1) is 20.4. The average molecular weight is 299 g/mol. The molecule has 0 saturated heterocycles. The van der Waals surface area contributed by atoms with E-state index in [0.717, 1.165) is 26.1 Å². The Balaban J connectivity index is 5.37. The number of nitrogens with zero attached hydrogens (tertiary/aromatic N) is 2. The summed E-state index contributed by atoms with van der Waals surface area (Å²) in [5.41, 5.74) is -0.255. The Morgan fingerprint density at radius 1 is 0.905 bits per heavy atom.